The number of thiophene rings is 1. The zero-order valence-corrected chi connectivity index (χ0v) is 20.6. The minimum Gasteiger partial charge on any atom is -0.494 e. The topological polar surface area (TPSA) is 110 Å². The largest absolute Gasteiger partial charge is 0.494 e. The number of amides is 1. The van der Waals surface area contributed by atoms with Crippen LogP contribution in [0.3, 0.4) is 0 Å². The summed E-state index contributed by atoms with van der Waals surface area (Å²) in [6.07, 6.45) is 6.27. The smallest absolute Gasteiger partial charge is 0.277 e. The van der Waals surface area contributed by atoms with E-state index in [-0.39, 0.29) is 4.21 Å². The van der Waals surface area contributed by atoms with Gasteiger partial charge in [0.05, 0.1) is 19.8 Å². The molecular formula is C24H27N3O6S2. The van der Waals surface area contributed by atoms with E-state index in [1.165, 1.54) is 35.3 Å². The molecule has 11 heteroatoms. The van der Waals surface area contributed by atoms with Crippen molar-refractivity contribution < 1.29 is 27.9 Å². The van der Waals surface area contributed by atoms with E-state index in [1.54, 1.807) is 18.2 Å². The van der Waals surface area contributed by atoms with Crippen LogP contribution >= 0.6 is 11.3 Å². The first-order valence-corrected chi connectivity index (χ1v) is 13.4. The Hall–Kier alpha value is -2.96. The van der Waals surface area contributed by atoms with Gasteiger partial charge in [-0.15, -0.1) is 11.3 Å². The van der Waals surface area contributed by atoms with Gasteiger partial charge in [-0.1, -0.05) is 0 Å². The van der Waals surface area contributed by atoms with Crippen molar-refractivity contribution in [2.75, 3.05) is 39.5 Å². The van der Waals surface area contributed by atoms with Crippen LogP contribution in [0, 0.1) is 0 Å². The van der Waals surface area contributed by atoms with Crippen molar-refractivity contribution in [3.05, 3.63) is 66.5 Å². The van der Waals surface area contributed by atoms with Crippen LogP contribution in [0.1, 0.15) is 12.0 Å². The van der Waals surface area contributed by atoms with Gasteiger partial charge in [0.1, 0.15) is 9.96 Å². The van der Waals surface area contributed by atoms with Gasteiger partial charge in [-0.05, 0) is 66.1 Å². The monoisotopic (exact) mass is 517 g/mol. The molecule has 0 atom stereocenters. The van der Waals surface area contributed by atoms with E-state index < -0.39 is 15.9 Å². The van der Waals surface area contributed by atoms with Crippen molar-refractivity contribution in [3.8, 4) is 16.2 Å². The number of hydrogen-bond donors (Lipinski definition) is 2. The van der Waals surface area contributed by atoms with E-state index in [4.69, 9.17) is 14.7 Å². The molecule has 0 bridgehead atoms. The molecule has 9 nitrogen and oxygen atoms in total. The van der Waals surface area contributed by atoms with Crippen molar-refractivity contribution in [1.29, 1.82) is 0 Å². The highest BCUT2D eigenvalue weighted by Crippen LogP contribution is 2.33. The Morgan fingerprint density at radius 3 is 2.66 bits per heavy atom. The predicted molar refractivity (Wildman–Crippen MR) is 133 cm³/mol. The molecule has 0 aliphatic carbocycles. The number of ether oxygens (including phenoxy) is 2. The van der Waals surface area contributed by atoms with Gasteiger partial charge >= 0.3 is 0 Å². The Balaban J connectivity index is 1.35. The molecule has 0 unspecified atom stereocenters. The normalized spacial score (nSPS) is 14.9. The van der Waals surface area contributed by atoms with Crippen molar-refractivity contribution in [2.45, 2.75) is 10.6 Å². The molecule has 1 aromatic carbocycles. The SMILES string of the molecule is O=C(C=Cc1ccn(S(=O)(=O)c2ccc(-c3ccc(OCCCN4CCOCC4)cc3)s2)c1)NO. The summed E-state index contributed by atoms with van der Waals surface area (Å²) in [5, 5.41) is 8.54. The Morgan fingerprint density at radius 2 is 1.91 bits per heavy atom. The van der Waals surface area contributed by atoms with Crippen LogP contribution < -0.4 is 10.2 Å². The van der Waals surface area contributed by atoms with Crippen molar-refractivity contribution >= 4 is 33.3 Å². The number of hydroxylamine groups is 1. The number of aromatic nitrogens is 1. The molecule has 4 rings (SSSR count). The summed E-state index contributed by atoms with van der Waals surface area (Å²) < 4.78 is 38.5. The first kappa shape index (κ1) is 25.1. The van der Waals surface area contributed by atoms with Gasteiger partial charge in [-0.2, -0.15) is 8.42 Å². The molecule has 0 saturated carbocycles. The lowest BCUT2D eigenvalue weighted by Gasteiger charge is -2.26. The lowest BCUT2D eigenvalue weighted by Crippen LogP contribution is -2.37. The number of carbonyl (C=O) groups excluding carboxylic acids is 1. The molecule has 1 saturated heterocycles. The highest BCUT2D eigenvalue weighted by Gasteiger charge is 2.19. The number of hydrogen-bond acceptors (Lipinski definition) is 8. The Labute approximate surface area is 208 Å². The standard InChI is InChI=1S/C24H27N3O6S2/c28-23(25-29)8-2-19-10-12-27(18-19)35(30,31)24-9-7-22(34-24)20-3-5-21(6-4-20)33-15-1-11-26-13-16-32-17-14-26/h2-10,12,18,29H,1,11,13-17H2,(H,25,28). The van der Waals surface area contributed by atoms with E-state index in [1.807, 2.05) is 24.3 Å². The number of nitrogens with one attached hydrogen (secondary N) is 1. The van der Waals surface area contributed by atoms with Crippen LogP contribution in [0.4, 0.5) is 0 Å². The summed E-state index contributed by atoms with van der Waals surface area (Å²) in [7, 11) is -3.77. The lowest BCUT2D eigenvalue weighted by molar-refractivity contribution is -0.124. The molecular weight excluding hydrogens is 490 g/mol. The molecule has 3 aromatic rings. The third-order valence-electron chi connectivity index (χ3n) is 5.47. The summed E-state index contributed by atoms with van der Waals surface area (Å²) in [6, 6.07) is 12.6. The molecule has 2 N–H and O–H groups in total. The van der Waals surface area contributed by atoms with Crippen LogP contribution in [-0.2, 0) is 19.6 Å². The summed E-state index contributed by atoms with van der Waals surface area (Å²) in [6.45, 7) is 5.16. The number of nitrogens with zero attached hydrogens (tertiary/aromatic N) is 2. The maximum atomic E-state index is 13.0. The minimum absolute atomic E-state index is 0.204. The van der Waals surface area contributed by atoms with Crippen molar-refractivity contribution in [1.82, 2.24) is 14.4 Å². The van der Waals surface area contributed by atoms with Gasteiger partial charge in [0.15, 0.2) is 0 Å². The van der Waals surface area contributed by atoms with Crippen LogP contribution in [-0.4, -0.2) is 67.9 Å². The van der Waals surface area contributed by atoms with Gasteiger partial charge in [-0.25, -0.2) is 9.45 Å². The van der Waals surface area contributed by atoms with Crippen LogP contribution in [0.2, 0.25) is 0 Å². The van der Waals surface area contributed by atoms with Gasteiger partial charge < -0.3 is 9.47 Å². The van der Waals surface area contributed by atoms with Gasteiger partial charge in [-0.3, -0.25) is 14.9 Å². The second kappa shape index (κ2) is 11.6. The van der Waals surface area contributed by atoms with E-state index in [0.29, 0.717) is 12.2 Å². The van der Waals surface area contributed by atoms with E-state index >= 15 is 0 Å². The Kier molecular flexibility index (Phi) is 8.37. The number of morpholine rings is 1. The van der Waals surface area contributed by atoms with E-state index in [2.05, 4.69) is 4.90 Å². The summed E-state index contributed by atoms with van der Waals surface area (Å²) in [4.78, 5) is 14.3. The third kappa shape index (κ3) is 6.59. The fraction of sp³-hybridized carbons (Fsp3) is 0.292. The quantitative estimate of drug-likeness (QED) is 0.184. The average Bonchev–Trinajstić information content (AvgIpc) is 3.57. The third-order valence-corrected chi connectivity index (χ3v) is 8.71. The maximum absolute atomic E-state index is 13.0. The summed E-state index contributed by atoms with van der Waals surface area (Å²) in [5.41, 5.74) is 2.90. The summed E-state index contributed by atoms with van der Waals surface area (Å²) in [5.74, 6) is 0.0795. The molecule has 3 heterocycles. The number of carbonyl (C=O) groups is 1. The lowest BCUT2D eigenvalue weighted by atomic mass is 10.2. The van der Waals surface area contributed by atoms with E-state index in [9.17, 15) is 13.2 Å². The van der Waals surface area contributed by atoms with E-state index in [0.717, 1.165) is 65.5 Å². The first-order valence-electron chi connectivity index (χ1n) is 11.1. The second-order valence-electron chi connectivity index (χ2n) is 7.89. The van der Waals surface area contributed by atoms with Gasteiger partial charge in [0.25, 0.3) is 15.9 Å². The highest BCUT2D eigenvalue weighted by atomic mass is 32.2. The average molecular weight is 518 g/mol. The number of rotatable bonds is 10. The molecule has 35 heavy (non-hydrogen) atoms. The molecule has 0 spiro atoms. The van der Waals surface area contributed by atoms with Crippen molar-refractivity contribution in [3.63, 3.8) is 0 Å². The zero-order valence-electron chi connectivity index (χ0n) is 19.0. The molecule has 1 amide bonds. The van der Waals surface area contributed by atoms with Crippen molar-refractivity contribution in [2.24, 2.45) is 0 Å². The summed E-state index contributed by atoms with van der Waals surface area (Å²) >= 11 is 1.18. The van der Waals surface area contributed by atoms with Crippen LogP contribution in [0.5, 0.6) is 5.75 Å². The van der Waals surface area contributed by atoms with Gasteiger partial charge in [0.2, 0.25) is 0 Å². The number of benzene rings is 1. The predicted octanol–water partition coefficient (Wildman–Crippen LogP) is 3.07. The maximum Gasteiger partial charge on any atom is 0.277 e. The Bertz CT molecular complexity index is 1260. The molecule has 1 aliphatic rings. The van der Waals surface area contributed by atoms with Crippen LogP contribution in [0.15, 0.2) is 65.1 Å². The fourth-order valence-electron chi connectivity index (χ4n) is 3.59. The Morgan fingerprint density at radius 1 is 1.14 bits per heavy atom. The minimum atomic E-state index is -3.77. The molecule has 0 radical (unpaired) electrons. The zero-order chi connectivity index (χ0) is 24.7. The molecule has 1 aliphatic heterocycles. The first-order chi connectivity index (χ1) is 17.0. The molecule has 2 aromatic heterocycles. The van der Waals surface area contributed by atoms with Gasteiger partial charge in [0, 0.05) is 43.0 Å². The van der Waals surface area contributed by atoms with Crippen LogP contribution in [0.25, 0.3) is 16.5 Å². The molecule has 186 valence electrons. The fourth-order valence-corrected chi connectivity index (χ4v) is 6.21. The highest BCUT2D eigenvalue weighted by molar-refractivity contribution is 7.92. The second-order valence-corrected chi connectivity index (χ2v) is 11.0. The molecule has 1 fully saturated rings.